The first kappa shape index (κ1) is 22.7. The third kappa shape index (κ3) is 4.11. The third-order valence-corrected chi connectivity index (χ3v) is 6.62. The predicted octanol–water partition coefficient (Wildman–Crippen LogP) is 6.59. The summed E-state index contributed by atoms with van der Waals surface area (Å²) >= 11 is 12.3. The molecule has 3 aromatic carbocycles. The second-order valence-corrected chi connectivity index (χ2v) is 9.60. The maximum Gasteiger partial charge on any atom is 0.231 e. The highest BCUT2D eigenvalue weighted by atomic mass is 35.5. The van der Waals surface area contributed by atoms with Gasteiger partial charge in [-0.15, -0.1) is 0 Å². The summed E-state index contributed by atoms with van der Waals surface area (Å²) in [6.45, 7) is 0.832. The Bertz CT molecular complexity index is 1390. The number of carbonyl (C=O) groups is 1. The molecule has 0 aliphatic carbocycles. The van der Waals surface area contributed by atoms with Crippen LogP contribution in [0.4, 0.5) is 11.4 Å². The molecule has 0 radical (unpaired) electrons. The summed E-state index contributed by atoms with van der Waals surface area (Å²) in [6.07, 6.45) is 2.95. The highest BCUT2D eigenvalue weighted by molar-refractivity contribution is 6.37. The SMILES string of the molecule is CN(C)Cc1ccc(N2C(=O)CCc3cnc4ccc(-c5cc(Cl)c(O)c(Cl)c5)cc4c32)cc1. The maximum atomic E-state index is 13.2. The van der Waals surface area contributed by atoms with Crippen LogP contribution in [0.1, 0.15) is 17.5 Å². The molecule has 1 N–H and O–H groups in total. The number of aryl methyl sites for hydroxylation is 1. The van der Waals surface area contributed by atoms with Crippen molar-refractivity contribution in [1.29, 1.82) is 0 Å². The molecule has 0 spiro atoms. The van der Waals surface area contributed by atoms with Gasteiger partial charge < -0.3 is 10.0 Å². The molecule has 4 aromatic rings. The van der Waals surface area contributed by atoms with E-state index in [1.54, 1.807) is 12.1 Å². The lowest BCUT2D eigenvalue weighted by Crippen LogP contribution is -2.31. The third-order valence-electron chi connectivity index (χ3n) is 6.04. The van der Waals surface area contributed by atoms with Crippen LogP contribution in [0, 0.1) is 0 Å². The number of halogens is 2. The Balaban J connectivity index is 1.66. The molecule has 1 aromatic heterocycles. The molecular formula is C27H23Cl2N3O2. The number of benzene rings is 3. The van der Waals surface area contributed by atoms with E-state index in [1.165, 1.54) is 5.56 Å². The fourth-order valence-electron chi connectivity index (χ4n) is 4.45. The molecule has 1 aliphatic heterocycles. The van der Waals surface area contributed by atoms with E-state index in [-0.39, 0.29) is 21.7 Å². The van der Waals surface area contributed by atoms with Gasteiger partial charge in [-0.05, 0) is 79.2 Å². The van der Waals surface area contributed by atoms with E-state index in [2.05, 4.69) is 22.0 Å². The van der Waals surface area contributed by atoms with Crippen molar-refractivity contribution < 1.29 is 9.90 Å². The summed E-state index contributed by atoms with van der Waals surface area (Å²) in [5, 5.41) is 11.2. The van der Waals surface area contributed by atoms with Gasteiger partial charge in [0.05, 0.1) is 21.2 Å². The Morgan fingerprint density at radius 3 is 2.35 bits per heavy atom. The normalized spacial score (nSPS) is 13.6. The minimum Gasteiger partial charge on any atom is -0.505 e. The van der Waals surface area contributed by atoms with Crippen LogP contribution < -0.4 is 4.90 Å². The molecule has 5 nitrogen and oxygen atoms in total. The van der Waals surface area contributed by atoms with Gasteiger partial charge in [-0.3, -0.25) is 14.7 Å². The minimum atomic E-state index is -0.138. The number of anilines is 2. The van der Waals surface area contributed by atoms with E-state index in [1.807, 2.05) is 55.5 Å². The highest BCUT2D eigenvalue weighted by Gasteiger charge is 2.28. The van der Waals surface area contributed by atoms with Crippen LogP contribution in [0.25, 0.3) is 22.0 Å². The molecular weight excluding hydrogens is 469 g/mol. The van der Waals surface area contributed by atoms with E-state index in [4.69, 9.17) is 23.2 Å². The number of fused-ring (bicyclic) bond motifs is 3. The molecule has 1 amide bonds. The van der Waals surface area contributed by atoms with Gasteiger partial charge >= 0.3 is 0 Å². The van der Waals surface area contributed by atoms with Crippen LogP contribution >= 0.6 is 23.2 Å². The zero-order valence-electron chi connectivity index (χ0n) is 18.8. The lowest BCUT2D eigenvalue weighted by atomic mass is 9.96. The summed E-state index contributed by atoms with van der Waals surface area (Å²) in [4.78, 5) is 21.7. The Labute approximate surface area is 208 Å². The van der Waals surface area contributed by atoms with Crippen LogP contribution in [0.5, 0.6) is 5.75 Å². The van der Waals surface area contributed by atoms with Gasteiger partial charge in [-0.25, -0.2) is 0 Å². The van der Waals surface area contributed by atoms with Crippen LogP contribution in [0.3, 0.4) is 0 Å². The van der Waals surface area contributed by atoms with Crippen molar-refractivity contribution >= 4 is 51.4 Å². The van der Waals surface area contributed by atoms with Gasteiger partial charge in [0.15, 0.2) is 5.75 Å². The Morgan fingerprint density at radius 1 is 0.971 bits per heavy atom. The molecule has 0 saturated carbocycles. The van der Waals surface area contributed by atoms with Crippen LogP contribution in [0.2, 0.25) is 10.0 Å². The average Bonchev–Trinajstić information content (AvgIpc) is 2.82. The van der Waals surface area contributed by atoms with Crippen molar-refractivity contribution in [3.8, 4) is 16.9 Å². The molecule has 0 bridgehead atoms. The number of hydrogen-bond donors (Lipinski definition) is 1. The number of amides is 1. The van der Waals surface area contributed by atoms with Crippen molar-refractivity contribution in [1.82, 2.24) is 9.88 Å². The number of aromatic hydroxyl groups is 1. The maximum absolute atomic E-state index is 13.2. The fraction of sp³-hybridized carbons (Fsp3) is 0.185. The quantitative estimate of drug-likeness (QED) is 0.349. The summed E-state index contributed by atoms with van der Waals surface area (Å²) in [5.74, 6) is -0.0807. The van der Waals surface area contributed by atoms with E-state index in [0.29, 0.717) is 12.8 Å². The first-order valence-corrected chi connectivity index (χ1v) is 11.7. The Kier molecular flexibility index (Phi) is 5.94. The number of nitrogens with zero attached hydrogens (tertiary/aromatic N) is 3. The molecule has 7 heteroatoms. The Hall–Kier alpha value is -3.12. The average molecular weight is 492 g/mol. The summed E-state index contributed by atoms with van der Waals surface area (Å²) < 4.78 is 0. The van der Waals surface area contributed by atoms with Gasteiger partial charge in [0.2, 0.25) is 5.91 Å². The lowest BCUT2D eigenvalue weighted by Gasteiger charge is -2.31. The zero-order chi connectivity index (χ0) is 24.0. The largest absolute Gasteiger partial charge is 0.505 e. The van der Waals surface area contributed by atoms with E-state index < -0.39 is 0 Å². The smallest absolute Gasteiger partial charge is 0.231 e. The number of rotatable bonds is 4. The minimum absolute atomic E-state index is 0.0569. The summed E-state index contributed by atoms with van der Waals surface area (Å²) in [5.41, 5.74) is 6.34. The molecule has 1 aliphatic rings. The molecule has 0 atom stereocenters. The van der Waals surface area contributed by atoms with Crippen molar-refractivity contribution in [3.05, 3.63) is 82.0 Å². The topological polar surface area (TPSA) is 56.7 Å². The molecule has 172 valence electrons. The number of phenolic OH excluding ortho intramolecular Hbond substituents is 1. The standard InChI is InChI=1S/C27H23Cl2N3O2/c1-31(2)15-16-3-7-20(8-4-16)32-25(33)10-6-18-14-30-24-9-5-17(11-21(24)26(18)32)19-12-22(28)27(34)23(29)13-19/h3-5,7-9,11-14,34H,6,10,15H2,1-2H3. The molecule has 0 saturated heterocycles. The zero-order valence-corrected chi connectivity index (χ0v) is 20.4. The number of hydrogen-bond acceptors (Lipinski definition) is 4. The van der Waals surface area contributed by atoms with Gasteiger partial charge in [-0.2, -0.15) is 0 Å². The van der Waals surface area contributed by atoms with Crippen molar-refractivity contribution in [3.63, 3.8) is 0 Å². The summed E-state index contributed by atoms with van der Waals surface area (Å²) in [6, 6.07) is 17.4. The molecule has 5 rings (SSSR count). The number of aromatic nitrogens is 1. The van der Waals surface area contributed by atoms with Gasteiger partial charge in [0.25, 0.3) is 0 Å². The molecule has 2 heterocycles. The number of phenols is 1. The lowest BCUT2D eigenvalue weighted by molar-refractivity contribution is -0.118. The van der Waals surface area contributed by atoms with Crippen LogP contribution in [0.15, 0.2) is 60.8 Å². The highest BCUT2D eigenvalue weighted by Crippen LogP contribution is 2.42. The first-order chi connectivity index (χ1) is 16.3. The van der Waals surface area contributed by atoms with E-state index >= 15 is 0 Å². The van der Waals surface area contributed by atoms with Crippen molar-refractivity contribution in [2.75, 3.05) is 19.0 Å². The monoisotopic (exact) mass is 491 g/mol. The van der Waals surface area contributed by atoms with Crippen molar-refractivity contribution in [2.45, 2.75) is 19.4 Å². The van der Waals surface area contributed by atoms with Gasteiger partial charge in [0.1, 0.15) is 0 Å². The number of pyridine rings is 1. The van der Waals surface area contributed by atoms with Crippen molar-refractivity contribution in [2.24, 2.45) is 0 Å². The summed E-state index contributed by atoms with van der Waals surface area (Å²) in [7, 11) is 4.06. The molecule has 0 unspecified atom stereocenters. The second-order valence-electron chi connectivity index (χ2n) is 8.79. The fourth-order valence-corrected chi connectivity index (χ4v) is 4.93. The predicted molar refractivity (Wildman–Crippen MR) is 138 cm³/mol. The van der Waals surface area contributed by atoms with Gasteiger partial charge in [0, 0.05) is 30.2 Å². The van der Waals surface area contributed by atoms with Crippen LogP contribution in [-0.2, 0) is 17.8 Å². The van der Waals surface area contributed by atoms with E-state index in [9.17, 15) is 9.90 Å². The number of carbonyl (C=O) groups excluding carboxylic acids is 1. The molecule has 0 fully saturated rings. The second kappa shape index (κ2) is 8.91. The van der Waals surface area contributed by atoms with Crippen LogP contribution in [-0.4, -0.2) is 35.0 Å². The Morgan fingerprint density at radius 2 is 1.68 bits per heavy atom. The first-order valence-electron chi connectivity index (χ1n) is 11.0. The van der Waals surface area contributed by atoms with E-state index in [0.717, 1.165) is 45.5 Å². The van der Waals surface area contributed by atoms with Gasteiger partial charge in [-0.1, -0.05) is 41.4 Å². The molecule has 34 heavy (non-hydrogen) atoms.